The number of nitrogens with one attached hydrogen (secondary N) is 3. The Morgan fingerprint density at radius 2 is 1.13 bits per heavy atom. The second kappa shape index (κ2) is 22.5. The molecule has 0 spiro atoms. The van der Waals surface area contributed by atoms with Gasteiger partial charge in [-0.15, -0.1) is 0 Å². The van der Waals surface area contributed by atoms with Crippen LogP contribution in [0.1, 0.15) is 39.3 Å². The van der Waals surface area contributed by atoms with Crippen molar-refractivity contribution in [2.24, 2.45) is 0 Å². The molecule has 5 N–H and O–H groups in total. The van der Waals surface area contributed by atoms with Crippen LogP contribution in [0.25, 0.3) is 0 Å². The number of nitrogens with zero attached hydrogens (tertiary/aromatic N) is 8. The number of hydrogen-bond acceptors (Lipinski definition) is 14. The lowest BCUT2D eigenvalue weighted by Crippen LogP contribution is -2.22. The second-order valence-electron chi connectivity index (χ2n) is 12.7. The summed E-state index contributed by atoms with van der Waals surface area (Å²) in [6.07, 6.45) is 2.85. The van der Waals surface area contributed by atoms with Crippen LogP contribution in [0.15, 0.2) is 97.3 Å². The van der Waals surface area contributed by atoms with Crippen LogP contribution in [-0.2, 0) is 0 Å². The molecule has 2 heterocycles. The maximum Gasteiger partial charge on any atom is 0.271 e. The molecule has 4 aromatic carbocycles. The number of para-hydroxylation sites is 2. The van der Waals surface area contributed by atoms with Crippen LogP contribution in [0.4, 0.5) is 51.7 Å². The Bertz CT molecular complexity index is 2580. The first-order valence-electron chi connectivity index (χ1n) is 17.8. The third kappa shape index (κ3) is 12.4. The maximum atomic E-state index is 12.2. The van der Waals surface area contributed by atoms with Crippen molar-refractivity contribution in [3.8, 4) is 0 Å². The van der Waals surface area contributed by atoms with Crippen molar-refractivity contribution in [1.29, 1.82) is 0 Å². The number of nitro groups is 2. The van der Waals surface area contributed by atoms with Crippen LogP contribution in [-0.4, -0.2) is 69.8 Å². The Hall–Kier alpha value is -7.15. The Kier molecular flexibility index (Phi) is 17.8. The average Bonchev–Trinajstić information content (AvgIpc) is 3.26. The molecule has 62 heavy (non-hydrogen) atoms. The second-order valence-corrected chi connectivity index (χ2v) is 13.8. The maximum absolute atomic E-state index is 12.2. The number of non-ortho nitro benzene ring substituents is 2. The highest BCUT2D eigenvalue weighted by molar-refractivity contribution is 6.34. The molecule has 0 atom stereocenters. The van der Waals surface area contributed by atoms with E-state index in [1.807, 2.05) is 13.0 Å². The Labute approximate surface area is 372 Å². The summed E-state index contributed by atoms with van der Waals surface area (Å²) in [7, 11) is 6.62. The lowest BCUT2D eigenvalue weighted by Gasteiger charge is -2.22. The van der Waals surface area contributed by atoms with Crippen molar-refractivity contribution in [2.45, 2.75) is 21.3 Å². The van der Waals surface area contributed by atoms with E-state index in [-0.39, 0.29) is 46.9 Å². The minimum Gasteiger partial charge on any atom is -0.398 e. The highest BCUT2D eigenvalue weighted by Crippen LogP contribution is 2.33. The predicted octanol–water partition coefficient (Wildman–Crippen LogP) is 9.25. The number of aromatic nitrogens is 4. The van der Waals surface area contributed by atoms with E-state index in [4.69, 9.17) is 40.5 Å². The van der Waals surface area contributed by atoms with Crippen molar-refractivity contribution in [1.82, 2.24) is 30.6 Å². The number of aryl methyl sites for hydroxylation is 2. The van der Waals surface area contributed by atoms with E-state index >= 15 is 0 Å². The van der Waals surface area contributed by atoms with Gasteiger partial charge in [-0.05, 0) is 60.8 Å². The van der Waals surface area contributed by atoms with Crippen LogP contribution in [0.3, 0.4) is 0 Å². The molecule has 2 aromatic heterocycles. The molecule has 2 amide bonds. The molecule has 6 aromatic rings. The zero-order chi connectivity index (χ0) is 45.0. The summed E-state index contributed by atoms with van der Waals surface area (Å²) in [5, 5.41) is 30.2. The number of amides is 2. The van der Waals surface area contributed by atoms with Crippen LogP contribution >= 0.6 is 34.8 Å². The molecule has 0 radical (unpaired) electrons. The van der Waals surface area contributed by atoms with Gasteiger partial charge in [0.15, 0.2) is 11.6 Å². The molecule has 0 bridgehead atoms. The number of nitrogens with two attached hydrogens (primary N) is 1. The normalized spacial score (nSPS) is 10.0. The highest BCUT2D eigenvalue weighted by Gasteiger charge is 2.20. The number of carbonyl (C=O) groups is 2. The number of hydrogen-bond donors (Lipinski definition) is 4. The Balaban J connectivity index is 0.000000275. The van der Waals surface area contributed by atoms with E-state index in [1.165, 1.54) is 36.7 Å². The fraction of sp³-hybridized carbons (Fsp3) is 0.171. The van der Waals surface area contributed by atoms with E-state index in [0.717, 1.165) is 11.1 Å². The summed E-state index contributed by atoms with van der Waals surface area (Å²) < 4.78 is 0. The number of benzene rings is 4. The molecule has 0 fully saturated rings. The molecule has 6 rings (SSSR count). The topological polar surface area (TPSA) is 241 Å². The van der Waals surface area contributed by atoms with Crippen molar-refractivity contribution in [3.05, 3.63) is 155 Å². The number of nitrogen functional groups attached to an aromatic ring is 1. The van der Waals surface area contributed by atoms with E-state index < -0.39 is 9.85 Å². The first-order chi connectivity index (χ1) is 29.0. The molecule has 0 unspecified atom stereocenters. The molecule has 21 heteroatoms. The predicted molar refractivity (Wildman–Crippen MR) is 245 cm³/mol. The Morgan fingerprint density at radius 3 is 1.61 bits per heavy atom. The van der Waals surface area contributed by atoms with Gasteiger partial charge in [0.1, 0.15) is 10.0 Å². The fourth-order valence-electron chi connectivity index (χ4n) is 5.36. The number of rotatable bonds is 10. The summed E-state index contributed by atoms with van der Waals surface area (Å²) in [5.74, 6) is 0.579. The van der Waals surface area contributed by atoms with Gasteiger partial charge in [0.2, 0.25) is 11.2 Å². The van der Waals surface area contributed by atoms with Gasteiger partial charge >= 0.3 is 0 Å². The van der Waals surface area contributed by atoms with Gasteiger partial charge in [0, 0.05) is 58.1 Å². The third-order valence-electron chi connectivity index (χ3n) is 8.68. The number of anilines is 7. The molecular formula is C41H43Cl3N12O6. The van der Waals surface area contributed by atoms with Crippen LogP contribution in [0, 0.1) is 34.1 Å². The summed E-state index contributed by atoms with van der Waals surface area (Å²) in [4.78, 5) is 64.4. The van der Waals surface area contributed by atoms with Crippen LogP contribution in [0.5, 0.6) is 0 Å². The third-order valence-corrected chi connectivity index (χ3v) is 9.40. The van der Waals surface area contributed by atoms with Gasteiger partial charge in [0.05, 0.1) is 50.4 Å². The highest BCUT2D eigenvalue weighted by atomic mass is 35.5. The summed E-state index contributed by atoms with van der Waals surface area (Å²) in [6, 6.07) is 23.1. The largest absolute Gasteiger partial charge is 0.398 e. The first-order valence-corrected chi connectivity index (χ1v) is 18.9. The van der Waals surface area contributed by atoms with E-state index in [9.17, 15) is 29.8 Å². The molecule has 0 aliphatic rings. The minimum atomic E-state index is -0.470. The molecule has 18 nitrogen and oxygen atoms in total. The van der Waals surface area contributed by atoms with E-state index in [2.05, 4.69) is 35.9 Å². The van der Waals surface area contributed by atoms with Gasteiger partial charge in [-0.2, -0.15) is 9.97 Å². The lowest BCUT2D eigenvalue weighted by molar-refractivity contribution is -0.385. The van der Waals surface area contributed by atoms with Crippen LogP contribution < -0.4 is 31.5 Å². The van der Waals surface area contributed by atoms with E-state index in [0.29, 0.717) is 50.5 Å². The zero-order valence-electron chi connectivity index (χ0n) is 33.5. The van der Waals surface area contributed by atoms with Gasteiger partial charge < -0.3 is 31.5 Å². The van der Waals surface area contributed by atoms with Crippen molar-refractivity contribution in [2.75, 3.05) is 49.0 Å². The van der Waals surface area contributed by atoms with Crippen molar-refractivity contribution in [3.63, 3.8) is 0 Å². The molecule has 0 saturated carbocycles. The Morgan fingerprint density at radius 1 is 0.677 bits per heavy atom. The number of carbonyl (C=O) groups excluding carboxylic acids is 2. The number of halogens is 3. The lowest BCUT2D eigenvalue weighted by atomic mass is 10.1. The minimum absolute atomic E-state index is 0. The first kappa shape index (κ1) is 49.2. The van der Waals surface area contributed by atoms with Gasteiger partial charge in [-0.3, -0.25) is 29.8 Å². The molecular weight excluding hydrogens is 863 g/mol. The summed E-state index contributed by atoms with van der Waals surface area (Å²) in [5.41, 5.74) is 10.3. The van der Waals surface area contributed by atoms with Gasteiger partial charge in [0.25, 0.3) is 23.2 Å². The quantitative estimate of drug-likeness (QED) is 0.0434. The van der Waals surface area contributed by atoms with Gasteiger partial charge in [-0.25, -0.2) is 9.97 Å². The smallest absolute Gasteiger partial charge is 0.271 e. The molecule has 0 aliphatic carbocycles. The van der Waals surface area contributed by atoms with Crippen molar-refractivity contribution >= 4 is 98.3 Å². The SMILES string of the molecule is C.CNC(=O)c1ccccc1N(C)c1nc(Cl)ncc1Cl.CNC(=O)c1ccccc1N(C)c1nc(Nc2cc([N+](=O)[O-])ccc2C)ncc1Cl.Cc1ccc([N+](=O)[O-])cc1N. The summed E-state index contributed by atoms with van der Waals surface area (Å²) in [6.45, 7) is 3.62. The standard InChI is InChI=1S/C20H19ClN6O3.C13H12Cl2N4O.C7H8N2O2.CH4/c1-12-8-9-13(27(29)30)10-16(12)24-20-23-11-15(21)18(25-20)26(3)17-7-5-4-6-14(17)19(28)22-2;1-16-12(20)8-5-3-4-6-10(8)19(2)11-9(14)7-17-13(15)18-11;1-5-2-3-6(9(10)11)4-7(5)8;/h4-11H,1-3H3,(H,22,28)(H,23,24,25);3-7H,1-2H3,(H,16,20);2-4H,8H2,1H3;1H4. The molecule has 324 valence electrons. The molecule has 0 aliphatic heterocycles. The number of nitro benzene ring substituents is 2. The fourth-order valence-corrected chi connectivity index (χ4v) is 5.92. The van der Waals surface area contributed by atoms with E-state index in [1.54, 1.807) is 99.5 Å². The average molecular weight is 906 g/mol. The molecule has 0 saturated heterocycles. The zero-order valence-corrected chi connectivity index (χ0v) is 35.7. The van der Waals surface area contributed by atoms with Crippen LogP contribution in [0.2, 0.25) is 15.3 Å². The summed E-state index contributed by atoms with van der Waals surface area (Å²) >= 11 is 18.2. The van der Waals surface area contributed by atoms with Gasteiger partial charge in [-0.1, -0.05) is 67.0 Å². The van der Waals surface area contributed by atoms with Crippen molar-refractivity contribution < 1.29 is 19.4 Å². The monoisotopic (exact) mass is 904 g/mol.